The average Bonchev–Trinajstić information content (AvgIpc) is 3.07. The second-order valence-electron chi connectivity index (χ2n) is 3.99. The summed E-state index contributed by atoms with van der Waals surface area (Å²) in [5.74, 6) is 0.919. The Morgan fingerprint density at radius 1 is 1.48 bits per heavy atom. The molecule has 8 nitrogen and oxygen atoms in total. The minimum Gasteiger partial charge on any atom is -0.294 e. The van der Waals surface area contributed by atoms with Crippen LogP contribution in [-0.4, -0.2) is 41.4 Å². The summed E-state index contributed by atoms with van der Waals surface area (Å²) in [6, 6.07) is 1.79. The van der Waals surface area contributed by atoms with E-state index in [4.69, 9.17) is 0 Å². The number of nitrogens with one attached hydrogen (secondary N) is 1. The number of hydrogen-bond donors (Lipinski definition) is 1. The van der Waals surface area contributed by atoms with Crippen molar-refractivity contribution < 1.29 is 4.79 Å². The zero-order valence-electron chi connectivity index (χ0n) is 11.3. The second-order valence-corrected chi connectivity index (χ2v) is 6.48. The monoisotopic (exact) mass is 321 g/mol. The van der Waals surface area contributed by atoms with Gasteiger partial charge in [-0.2, -0.15) is 4.98 Å². The molecule has 0 unspecified atom stereocenters. The van der Waals surface area contributed by atoms with Crippen LogP contribution in [0.2, 0.25) is 0 Å². The maximum atomic E-state index is 12.1. The van der Waals surface area contributed by atoms with E-state index >= 15 is 0 Å². The van der Waals surface area contributed by atoms with E-state index in [1.807, 2.05) is 13.8 Å². The Bertz CT molecular complexity index is 797. The fourth-order valence-electron chi connectivity index (χ4n) is 1.60. The quantitative estimate of drug-likeness (QED) is 0.576. The molecular formula is C11H11N7OS2. The van der Waals surface area contributed by atoms with Crippen molar-refractivity contribution >= 4 is 39.9 Å². The molecule has 0 atom stereocenters. The van der Waals surface area contributed by atoms with Gasteiger partial charge in [-0.25, -0.2) is 9.50 Å². The summed E-state index contributed by atoms with van der Waals surface area (Å²) < 4.78 is 2.33. The highest BCUT2D eigenvalue weighted by molar-refractivity contribution is 8.01. The third-order valence-corrected chi connectivity index (χ3v) is 4.38. The molecule has 21 heavy (non-hydrogen) atoms. The van der Waals surface area contributed by atoms with Crippen LogP contribution >= 0.6 is 23.1 Å². The Hall–Kier alpha value is -2.07. The van der Waals surface area contributed by atoms with Gasteiger partial charge in [0.05, 0.1) is 0 Å². The predicted octanol–water partition coefficient (Wildman–Crippen LogP) is 1.65. The van der Waals surface area contributed by atoms with E-state index in [0.29, 0.717) is 10.9 Å². The lowest BCUT2D eigenvalue weighted by molar-refractivity contribution is 0.101. The van der Waals surface area contributed by atoms with Gasteiger partial charge in [-0.05, 0) is 18.7 Å². The van der Waals surface area contributed by atoms with Crippen LogP contribution in [0.4, 0.5) is 5.13 Å². The first kappa shape index (κ1) is 13.9. The summed E-state index contributed by atoms with van der Waals surface area (Å²) in [6.07, 6.45) is 1.63. The fourth-order valence-corrected chi connectivity index (χ4v) is 3.24. The number of rotatable bonds is 4. The highest BCUT2D eigenvalue weighted by Crippen LogP contribution is 2.25. The van der Waals surface area contributed by atoms with Crippen molar-refractivity contribution in [1.82, 2.24) is 29.8 Å². The van der Waals surface area contributed by atoms with Crippen LogP contribution in [-0.2, 0) is 0 Å². The molecule has 1 N–H and O–H groups in total. The molecule has 0 spiro atoms. The largest absolute Gasteiger partial charge is 0.297 e. The second kappa shape index (κ2) is 5.74. The number of hydrogen-bond acceptors (Lipinski definition) is 8. The number of aryl methyl sites for hydroxylation is 1. The van der Waals surface area contributed by atoms with Crippen molar-refractivity contribution in [3.8, 4) is 0 Å². The Morgan fingerprint density at radius 3 is 3.10 bits per heavy atom. The van der Waals surface area contributed by atoms with E-state index < -0.39 is 5.91 Å². The number of carbonyl (C=O) groups excluding carboxylic acids is 1. The fraction of sp³-hybridized carbons (Fsp3) is 0.273. The zero-order chi connectivity index (χ0) is 14.8. The lowest BCUT2D eigenvalue weighted by atomic mass is 10.5. The van der Waals surface area contributed by atoms with E-state index in [-0.39, 0.29) is 5.82 Å². The topological polar surface area (TPSA) is 98.0 Å². The standard InChI is InChI=1S/C11H11N7OS2/c1-3-20-11-16-15-10(21-11)14-8(19)7-13-9-12-5-4-6(2)18(9)17-7/h4-5H,3H2,1-2H3,(H,14,15,19). The molecule has 0 aliphatic heterocycles. The van der Waals surface area contributed by atoms with Gasteiger partial charge in [0.1, 0.15) is 0 Å². The Morgan fingerprint density at radius 2 is 2.33 bits per heavy atom. The number of anilines is 1. The van der Waals surface area contributed by atoms with Crippen LogP contribution in [0.1, 0.15) is 23.2 Å². The molecule has 0 bridgehead atoms. The molecule has 3 aromatic rings. The van der Waals surface area contributed by atoms with Gasteiger partial charge < -0.3 is 0 Å². The molecule has 0 aliphatic rings. The summed E-state index contributed by atoms with van der Waals surface area (Å²) in [4.78, 5) is 20.3. The van der Waals surface area contributed by atoms with Crippen LogP contribution in [0.25, 0.3) is 5.78 Å². The SMILES string of the molecule is CCSc1nnc(NC(=O)c2nc3nccc(C)n3n2)s1. The van der Waals surface area contributed by atoms with E-state index in [2.05, 4.69) is 30.6 Å². The third kappa shape index (κ3) is 2.85. The molecule has 108 valence electrons. The molecule has 10 heteroatoms. The van der Waals surface area contributed by atoms with Crippen LogP contribution in [0, 0.1) is 6.92 Å². The lowest BCUT2D eigenvalue weighted by Gasteiger charge is -1.95. The van der Waals surface area contributed by atoms with Crippen molar-refractivity contribution in [2.24, 2.45) is 0 Å². The van der Waals surface area contributed by atoms with Crippen molar-refractivity contribution in [2.45, 2.75) is 18.2 Å². The van der Waals surface area contributed by atoms with Gasteiger partial charge in [0.2, 0.25) is 11.0 Å². The minimum atomic E-state index is -0.427. The normalized spacial score (nSPS) is 11.0. The summed E-state index contributed by atoms with van der Waals surface area (Å²) in [6.45, 7) is 3.89. The molecule has 0 fully saturated rings. The van der Waals surface area contributed by atoms with Crippen molar-refractivity contribution in [2.75, 3.05) is 11.1 Å². The van der Waals surface area contributed by atoms with Crippen molar-refractivity contribution in [3.63, 3.8) is 0 Å². The lowest BCUT2D eigenvalue weighted by Crippen LogP contribution is -2.13. The predicted molar refractivity (Wildman–Crippen MR) is 79.8 cm³/mol. The van der Waals surface area contributed by atoms with Gasteiger partial charge in [-0.15, -0.1) is 15.3 Å². The van der Waals surface area contributed by atoms with E-state index in [1.54, 1.807) is 24.0 Å². The van der Waals surface area contributed by atoms with Crippen LogP contribution < -0.4 is 5.32 Å². The van der Waals surface area contributed by atoms with E-state index in [9.17, 15) is 4.79 Å². The molecule has 0 aliphatic carbocycles. The number of carbonyl (C=O) groups is 1. The molecule has 1 amide bonds. The van der Waals surface area contributed by atoms with Crippen molar-refractivity contribution in [3.05, 3.63) is 23.8 Å². The molecule has 0 radical (unpaired) electrons. The Kier molecular flexibility index (Phi) is 3.80. The molecule has 0 saturated heterocycles. The summed E-state index contributed by atoms with van der Waals surface area (Å²) in [7, 11) is 0. The number of fused-ring (bicyclic) bond motifs is 1. The van der Waals surface area contributed by atoms with Gasteiger partial charge >= 0.3 is 0 Å². The molecule has 0 saturated carbocycles. The highest BCUT2D eigenvalue weighted by Gasteiger charge is 2.16. The zero-order valence-corrected chi connectivity index (χ0v) is 12.9. The smallest absolute Gasteiger partial charge is 0.294 e. The minimum absolute atomic E-state index is 0.0525. The number of amides is 1. The number of aromatic nitrogens is 6. The molecule has 3 aromatic heterocycles. The molecule has 0 aromatic carbocycles. The first-order chi connectivity index (χ1) is 10.2. The summed E-state index contributed by atoms with van der Waals surface area (Å²) in [5.41, 5.74) is 0.851. The van der Waals surface area contributed by atoms with Crippen molar-refractivity contribution in [1.29, 1.82) is 0 Å². The Balaban J connectivity index is 1.81. The van der Waals surface area contributed by atoms with Gasteiger partial charge in [-0.3, -0.25) is 10.1 Å². The number of nitrogens with zero attached hydrogens (tertiary/aromatic N) is 6. The van der Waals surface area contributed by atoms with Crippen LogP contribution in [0.5, 0.6) is 0 Å². The van der Waals surface area contributed by atoms with E-state index in [0.717, 1.165) is 15.8 Å². The first-order valence-corrected chi connectivity index (χ1v) is 7.93. The maximum Gasteiger partial charge on any atom is 0.297 e. The molecule has 3 rings (SSSR count). The molecular weight excluding hydrogens is 310 g/mol. The van der Waals surface area contributed by atoms with Crippen LogP contribution in [0.3, 0.4) is 0 Å². The summed E-state index contributed by atoms with van der Waals surface area (Å²) in [5, 5.41) is 15.1. The maximum absolute atomic E-state index is 12.1. The highest BCUT2D eigenvalue weighted by atomic mass is 32.2. The number of thioether (sulfide) groups is 1. The van der Waals surface area contributed by atoms with Gasteiger partial charge in [0.15, 0.2) is 4.34 Å². The average molecular weight is 321 g/mol. The van der Waals surface area contributed by atoms with Gasteiger partial charge in [-0.1, -0.05) is 30.0 Å². The van der Waals surface area contributed by atoms with E-state index in [1.165, 1.54) is 15.9 Å². The van der Waals surface area contributed by atoms with Gasteiger partial charge in [0, 0.05) is 11.9 Å². The molecule has 3 heterocycles. The third-order valence-electron chi connectivity index (χ3n) is 2.53. The Labute approximate surface area is 128 Å². The van der Waals surface area contributed by atoms with Gasteiger partial charge in [0.25, 0.3) is 11.7 Å². The van der Waals surface area contributed by atoms with Crippen LogP contribution in [0.15, 0.2) is 16.6 Å². The summed E-state index contributed by atoms with van der Waals surface area (Å²) >= 11 is 2.89. The first-order valence-electron chi connectivity index (χ1n) is 6.13.